The van der Waals surface area contributed by atoms with Crippen molar-refractivity contribution in [2.75, 3.05) is 26.8 Å². The van der Waals surface area contributed by atoms with E-state index in [-0.39, 0.29) is 29.6 Å². The fourth-order valence-corrected chi connectivity index (χ4v) is 4.71. The van der Waals surface area contributed by atoms with Crippen molar-refractivity contribution < 1.29 is 14.3 Å². The average Bonchev–Trinajstić information content (AvgIpc) is 3.12. The van der Waals surface area contributed by atoms with Gasteiger partial charge in [-0.25, -0.2) is 0 Å². The van der Waals surface area contributed by atoms with Crippen LogP contribution < -0.4 is 11.1 Å². The number of nitrogens with zero attached hydrogens (tertiary/aromatic N) is 3. The van der Waals surface area contributed by atoms with E-state index in [0.717, 1.165) is 34.5 Å². The van der Waals surface area contributed by atoms with Gasteiger partial charge >= 0.3 is 0 Å². The van der Waals surface area contributed by atoms with Gasteiger partial charge in [0.25, 0.3) is 5.91 Å². The van der Waals surface area contributed by atoms with Crippen LogP contribution in [0.4, 0.5) is 0 Å². The zero-order valence-electron chi connectivity index (χ0n) is 23.9. The molecule has 0 aromatic carbocycles. The van der Waals surface area contributed by atoms with E-state index in [0.29, 0.717) is 26.1 Å². The predicted octanol–water partition coefficient (Wildman–Crippen LogP) is 4.29. The maximum atomic E-state index is 12.9. The van der Waals surface area contributed by atoms with Crippen LogP contribution in [0.3, 0.4) is 0 Å². The minimum Gasteiger partial charge on any atom is -0.405 e. The molecular weight excluding hydrogens is 490 g/mol. The number of carbonyl (C=O) groups is 2. The van der Waals surface area contributed by atoms with E-state index < -0.39 is 0 Å². The zero-order chi connectivity index (χ0) is 28.9. The molecule has 0 unspecified atom stereocenters. The molecule has 2 amide bonds. The topological polar surface area (TPSA) is 100 Å². The minimum atomic E-state index is -0.185. The first-order valence-corrected chi connectivity index (χ1v) is 13.2. The summed E-state index contributed by atoms with van der Waals surface area (Å²) in [4.78, 5) is 33.0. The van der Waals surface area contributed by atoms with Gasteiger partial charge in [0, 0.05) is 44.6 Å². The highest BCUT2D eigenvalue weighted by Crippen LogP contribution is 2.35. The Morgan fingerprint density at radius 1 is 1.28 bits per heavy atom. The van der Waals surface area contributed by atoms with Crippen molar-refractivity contribution in [3.05, 3.63) is 95.2 Å². The molecule has 39 heavy (non-hydrogen) atoms. The number of amides is 2. The van der Waals surface area contributed by atoms with Crippen LogP contribution in [0.25, 0.3) is 0 Å². The van der Waals surface area contributed by atoms with Crippen LogP contribution in [0, 0.1) is 0 Å². The van der Waals surface area contributed by atoms with Gasteiger partial charge < -0.3 is 25.6 Å². The molecule has 0 bridgehead atoms. The number of hydrogen-bond acceptors (Lipinski definition) is 6. The first kappa shape index (κ1) is 31.3. The number of allylic oxidation sites excluding steroid dienone is 10. The number of piperidine rings is 1. The maximum Gasteiger partial charge on any atom is 0.272 e. The molecule has 1 heterocycles. The Bertz CT molecular complexity index is 1150. The Morgan fingerprint density at radius 2 is 2.03 bits per heavy atom. The Hall–Kier alpha value is -3.91. The second-order valence-corrected chi connectivity index (χ2v) is 9.48. The summed E-state index contributed by atoms with van der Waals surface area (Å²) in [6, 6.07) is 0.0181. The molecule has 2 rings (SSSR count). The lowest BCUT2D eigenvalue weighted by Crippen LogP contribution is -2.48. The molecule has 1 aliphatic heterocycles. The number of fused-ring (bicyclic) bond motifs is 1. The summed E-state index contributed by atoms with van der Waals surface area (Å²) in [7, 11) is 1.61. The van der Waals surface area contributed by atoms with E-state index >= 15 is 0 Å². The summed E-state index contributed by atoms with van der Waals surface area (Å²) < 4.78 is 5.11. The number of likely N-dealkylation sites (N-methyl/N-ethyl adjacent to an activating group) is 1. The van der Waals surface area contributed by atoms with Gasteiger partial charge in [-0.1, -0.05) is 30.9 Å². The van der Waals surface area contributed by atoms with Crippen LogP contribution in [0.2, 0.25) is 0 Å². The van der Waals surface area contributed by atoms with Gasteiger partial charge in [-0.15, -0.1) is 0 Å². The normalized spacial score (nSPS) is 20.1. The number of likely N-dealkylation sites (tertiary alicyclic amines) is 1. The molecule has 210 valence electrons. The van der Waals surface area contributed by atoms with Gasteiger partial charge in [0.05, 0.1) is 12.6 Å². The van der Waals surface area contributed by atoms with Gasteiger partial charge in [0.15, 0.2) is 0 Å². The van der Waals surface area contributed by atoms with Crippen molar-refractivity contribution in [1.82, 2.24) is 15.1 Å². The number of carbonyl (C=O) groups excluding carboxylic acids is 2. The quantitative estimate of drug-likeness (QED) is 0.221. The SMILES string of the molecule is C=N/C(=C\C=C(/C)C1=CC=C2C(=CC1)[C@H](NC(=C)/C=C\C=C/N)C[C@H](C)N2C(C)=O)C(=O)N(CC)CCOC. The molecule has 0 radical (unpaired) electrons. The van der Waals surface area contributed by atoms with Crippen molar-refractivity contribution in [2.45, 2.75) is 52.6 Å². The molecule has 0 aromatic heterocycles. The Morgan fingerprint density at radius 3 is 2.64 bits per heavy atom. The van der Waals surface area contributed by atoms with E-state index in [1.807, 2.05) is 49.1 Å². The molecule has 3 N–H and O–H groups in total. The lowest BCUT2D eigenvalue weighted by Gasteiger charge is -2.41. The number of hydrogen-bond donors (Lipinski definition) is 2. The Balaban J connectivity index is 2.37. The lowest BCUT2D eigenvalue weighted by molar-refractivity contribution is -0.129. The molecule has 1 aliphatic carbocycles. The first-order valence-electron chi connectivity index (χ1n) is 13.2. The average molecular weight is 534 g/mol. The summed E-state index contributed by atoms with van der Waals surface area (Å²) in [6.45, 7) is 16.8. The molecular formula is C31H43N5O3. The molecule has 2 atom stereocenters. The van der Waals surface area contributed by atoms with E-state index in [1.54, 1.807) is 31.1 Å². The van der Waals surface area contributed by atoms with Crippen molar-refractivity contribution in [2.24, 2.45) is 10.7 Å². The van der Waals surface area contributed by atoms with Crippen LogP contribution in [-0.2, 0) is 14.3 Å². The van der Waals surface area contributed by atoms with Crippen LogP contribution in [0.15, 0.2) is 100 Å². The third-order valence-electron chi connectivity index (χ3n) is 6.77. The summed E-state index contributed by atoms with van der Waals surface area (Å²) in [5, 5.41) is 3.51. The number of nitrogens with two attached hydrogens (primary N) is 1. The van der Waals surface area contributed by atoms with Crippen LogP contribution in [0.1, 0.15) is 40.5 Å². The highest BCUT2D eigenvalue weighted by atomic mass is 16.5. The molecule has 0 spiro atoms. The van der Waals surface area contributed by atoms with Crippen LogP contribution >= 0.6 is 0 Å². The third kappa shape index (κ3) is 8.55. The lowest BCUT2D eigenvalue weighted by atomic mass is 9.89. The molecule has 2 aliphatic rings. The maximum absolute atomic E-state index is 12.9. The monoisotopic (exact) mass is 533 g/mol. The van der Waals surface area contributed by atoms with Gasteiger partial charge in [-0.3, -0.25) is 14.6 Å². The summed E-state index contributed by atoms with van der Waals surface area (Å²) in [6.07, 6.45) is 18.2. The largest absolute Gasteiger partial charge is 0.405 e. The second-order valence-electron chi connectivity index (χ2n) is 9.48. The van der Waals surface area contributed by atoms with E-state index in [2.05, 4.69) is 36.6 Å². The van der Waals surface area contributed by atoms with Crippen LogP contribution in [-0.4, -0.2) is 67.2 Å². The molecule has 8 heteroatoms. The molecule has 1 saturated heterocycles. The first-order chi connectivity index (χ1) is 18.7. The Kier molecular flexibility index (Phi) is 12.4. The number of methoxy groups -OCH3 is 1. The summed E-state index contributed by atoms with van der Waals surface area (Å²) in [5.41, 5.74) is 10.5. The highest BCUT2D eigenvalue weighted by molar-refractivity contribution is 5.94. The predicted molar refractivity (Wildman–Crippen MR) is 160 cm³/mol. The fourth-order valence-electron chi connectivity index (χ4n) is 4.71. The molecule has 8 nitrogen and oxygen atoms in total. The fraction of sp³-hybridized carbons (Fsp3) is 0.387. The van der Waals surface area contributed by atoms with Gasteiger partial charge in [0.2, 0.25) is 5.91 Å². The smallest absolute Gasteiger partial charge is 0.272 e. The third-order valence-corrected chi connectivity index (χ3v) is 6.77. The number of aliphatic imine (C=N–C) groups is 1. The molecule has 1 fully saturated rings. The van der Waals surface area contributed by atoms with E-state index in [1.165, 1.54) is 6.20 Å². The van der Waals surface area contributed by atoms with Gasteiger partial charge in [0.1, 0.15) is 5.70 Å². The number of rotatable bonds is 12. The van der Waals surface area contributed by atoms with Crippen molar-refractivity contribution in [3.8, 4) is 0 Å². The summed E-state index contributed by atoms with van der Waals surface area (Å²) >= 11 is 0. The van der Waals surface area contributed by atoms with Crippen molar-refractivity contribution in [3.63, 3.8) is 0 Å². The van der Waals surface area contributed by atoms with Gasteiger partial charge in [-0.2, -0.15) is 0 Å². The number of ether oxygens (including phenoxy) is 1. The molecule has 0 saturated carbocycles. The zero-order valence-corrected chi connectivity index (χ0v) is 23.9. The highest BCUT2D eigenvalue weighted by Gasteiger charge is 2.35. The van der Waals surface area contributed by atoms with Crippen LogP contribution in [0.5, 0.6) is 0 Å². The minimum absolute atomic E-state index is 0.000829. The number of nitrogens with one attached hydrogen (secondary N) is 1. The second kappa shape index (κ2) is 15.5. The van der Waals surface area contributed by atoms with Gasteiger partial charge in [-0.05, 0) is 87.6 Å². The van der Waals surface area contributed by atoms with E-state index in [4.69, 9.17) is 10.5 Å². The Labute approximate surface area is 233 Å². The van der Waals surface area contributed by atoms with E-state index in [9.17, 15) is 9.59 Å². The van der Waals surface area contributed by atoms with Crippen molar-refractivity contribution >= 4 is 18.5 Å². The summed E-state index contributed by atoms with van der Waals surface area (Å²) in [5.74, 6) is -0.180. The standard InChI is InChI=1S/C31H43N5O3/c1-8-35(19-20-39-7)31(38)28(33-6)16-12-22(2)26-13-15-27-29(34-23(3)11-9-10-18-32)21-24(4)36(25(5)37)30(27)17-14-26/h9-12,14-18,24,29,34H,3,6,8,13,19-21,32H2,1-2,4-5,7H3/b11-9-,18-10-,22-12+,28-16-/t24-,29+/m0/s1. The van der Waals surface area contributed by atoms with Crippen molar-refractivity contribution in [1.29, 1.82) is 0 Å². The molecule has 0 aromatic rings.